The molecule has 0 heterocycles. The highest BCUT2D eigenvalue weighted by atomic mass is 16.5. The molecule has 1 rings (SSSR count). The number of rotatable bonds is 4. The largest absolute Gasteiger partial charge is 0.497 e. The molecular weight excluding hydrogens is 192 g/mol. The first-order valence-corrected chi connectivity index (χ1v) is 5.10. The van der Waals surface area contributed by atoms with E-state index in [1.165, 1.54) is 0 Å². The third kappa shape index (κ3) is 2.70. The summed E-state index contributed by atoms with van der Waals surface area (Å²) < 4.78 is 5.07. The van der Waals surface area contributed by atoms with Crippen LogP contribution in [0.15, 0.2) is 18.2 Å². The summed E-state index contributed by atoms with van der Waals surface area (Å²) in [4.78, 5) is 0. The Morgan fingerprint density at radius 2 is 2.00 bits per heavy atom. The molecule has 84 valence electrons. The number of benzene rings is 1. The van der Waals surface area contributed by atoms with Crippen LogP contribution in [-0.4, -0.2) is 23.4 Å². The number of hydrogen-bond donors (Lipinski definition) is 2. The molecule has 0 aromatic heterocycles. The molecule has 0 fully saturated rings. The van der Waals surface area contributed by atoms with Gasteiger partial charge in [-0.1, -0.05) is 13.0 Å². The second-order valence-corrected chi connectivity index (χ2v) is 3.64. The van der Waals surface area contributed by atoms with E-state index in [9.17, 15) is 10.2 Å². The Kier molecular flexibility index (Phi) is 4.12. The maximum atomic E-state index is 9.84. The van der Waals surface area contributed by atoms with Gasteiger partial charge in [-0.15, -0.1) is 0 Å². The molecule has 2 unspecified atom stereocenters. The molecule has 0 aliphatic heterocycles. The van der Waals surface area contributed by atoms with Crippen LogP contribution in [-0.2, 0) is 0 Å². The standard InChI is InChI=1S/C12H18O3/c1-4-11(13)12(14)10-6-5-9(15-3)7-8(10)2/h5-7,11-14H,4H2,1-3H3. The van der Waals surface area contributed by atoms with Gasteiger partial charge >= 0.3 is 0 Å². The van der Waals surface area contributed by atoms with Gasteiger partial charge in [0, 0.05) is 0 Å². The van der Waals surface area contributed by atoms with Gasteiger partial charge in [-0.2, -0.15) is 0 Å². The van der Waals surface area contributed by atoms with Crippen molar-refractivity contribution < 1.29 is 14.9 Å². The second kappa shape index (κ2) is 5.14. The summed E-state index contributed by atoms with van der Waals surface area (Å²) in [5.41, 5.74) is 1.68. The molecule has 0 spiro atoms. The van der Waals surface area contributed by atoms with Gasteiger partial charge in [-0.25, -0.2) is 0 Å². The van der Waals surface area contributed by atoms with Crippen molar-refractivity contribution in [2.75, 3.05) is 7.11 Å². The zero-order valence-corrected chi connectivity index (χ0v) is 9.40. The highest BCUT2D eigenvalue weighted by Crippen LogP contribution is 2.25. The highest BCUT2D eigenvalue weighted by molar-refractivity contribution is 5.36. The zero-order chi connectivity index (χ0) is 11.4. The number of hydrogen-bond acceptors (Lipinski definition) is 3. The van der Waals surface area contributed by atoms with Gasteiger partial charge in [0.05, 0.1) is 13.2 Å². The fourth-order valence-electron chi connectivity index (χ4n) is 1.54. The van der Waals surface area contributed by atoms with E-state index in [2.05, 4.69) is 0 Å². The Morgan fingerprint density at radius 1 is 1.33 bits per heavy atom. The summed E-state index contributed by atoms with van der Waals surface area (Å²) >= 11 is 0. The van der Waals surface area contributed by atoms with Crippen LogP contribution in [0.2, 0.25) is 0 Å². The molecule has 0 saturated carbocycles. The van der Waals surface area contributed by atoms with Gasteiger partial charge in [-0.05, 0) is 36.6 Å². The van der Waals surface area contributed by atoms with Crippen molar-refractivity contribution in [3.63, 3.8) is 0 Å². The smallest absolute Gasteiger partial charge is 0.119 e. The third-order valence-electron chi connectivity index (χ3n) is 2.58. The first-order valence-electron chi connectivity index (χ1n) is 5.10. The molecule has 0 aliphatic carbocycles. The number of aryl methyl sites for hydroxylation is 1. The average molecular weight is 210 g/mol. The first kappa shape index (κ1) is 12.0. The Balaban J connectivity index is 2.95. The molecule has 1 aromatic carbocycles. The van der Waals surface area contributed by atoms with Crippen LogP contribution >= 0.6 is 0 Å². The Hall–Kier alpha value is -1.06. The molecule has 15 heavy (non-hydrogen) atoms. The molecule has 0 amide bonds. The van der Waals surface area contributed by atoms with Gasteiger partial charge in [0.1, 0.15) is 11.9 Å². The maximum absolute atomic E-state index is 9.84. The van der Waals surface area contributed by atoms with Crippen molar-refractivity contribution in [1.29, 1.82) is 0 Å². The minimum atomic E-state index is -0.819. The van der Waals surface area contributed by atoms with Crippen LogP contribution in [0.3, 0.4) is 0 Å². The van der Waals surface area contributed by atoms with Gasteiger partial charge in [-0.3, -0.25) is 0 Å². The van der Waals surface area contributed by atoms with E-state index in [-0.39, 0.29) is 0 Å². The second-order valence-electron chi connectivity index (χ2n) is 3.64. The average Bonchev–Trinajstić information content (AvgIpc) is 2.26. The molecule has 3 nitrogen and oxygen atoms in total. The topological polar surface area (TPSA) is 49.7 Å². The molecule has 2 atom stereocenters. The molecule has 0 saturated heterocycles. The Bertz CT molecular complexity index is 323. The molecule has 0 radical (unpaired) electrons. The normalized spacial score (nSPS) is 14.7. The van der Waals surface area contributed by atoms with E-state index in [1.54, 1.807) is 19.2 Å². The van der Waals surface area contributed by atoms with Crippen molar-refractivity contribution in [2.45, 2.75) is 32.5 Å². The lowest BCUT2D eigenvalue weighted by Crippen LogP contribution is -2.17. The van der Waals surface area contributed by atoms with E-state index in [4.69, 9.17) is 4.74 Å². The van der Waals surface area contributed by atoms with Gasteiger partial charge in [0.15, 0.2) is 0 Å². The van der Waals surface area contributed by atoms with Gasteiger partial charge in [0.2, 0.25) is 0 Å². The minimum absolute atomic E-state index is 0.534. The number of aliphatic hydroxyl groups excluding tert-OH is 2. The highest BCUT2D eigenvalue weighted by Gasteiger charge is 2.18. The van der Waals surface area contributed by atoms with Crippen LogP contribution in [0.1, 0.15) is 30.6 Å². The monoisotopic (exact) mass is 210 g/mol. The van der Waals surface area contributed by atoms with Gasteiger partial charge < -0.3 is 14.9 Å². The molecule has 1 aromatic rings. The van der Waals surface area contributed by atoms with Crippen molar-refractivity contribution >= 4 is 0 Å². The SMILES string of the molecule is CCC(O)C(O)c1ccc(OC)cc1C. The van der Waals surface area contributed by atoms with Crippen molar-refractivity contribution in [2.24, 2.45) is 0 Å². The predicted molar refractivity (Wildman–Crippen MR) is 59.0 cm³/mol. The third-order valence-corrected chi connectivity index (χ3v) is 2.58. The van der Waals surface area contributed by atoms with Crippen molar-refractivity contribution in [3.05, 3.63) is 29.3 Å². The van der Waals surface area contributed by atoms with E-state index >= 15 is 0 Å². The summed E-state index contributed by atoms with van der Waals surface area (Å²) in [7, 11) is 1.60. The molecular formula is C12H18O3. The molecule has 0 bridgehead atoms. The minimum Gasteiger partial charge on any atom is -0.497 e. The lowest BCUT2D eigenvalue weighted by Gasteiger charge is -2.18. The van der Waals surface area contributed by atoms with E-state index < -0.39 is 12.2 Å². The number of methoxy groups -OCH3 is 1. The summed E-state index contributed by atoms with van der Waals surface area (Å²) in [6.45, 7) is 3.73. The van der Waals surface area contributed by atoms with Gasteiger partial charge in [0.25, 0.3) is 0 Å². The predicted octanol–water partition coefficient (Wildman–Crippen LogP) is 1.81. The molecule has 0 aliphatic rings. The molecule has 2 N–H and O–H groups in total. The number of ether oxygens (including phenoxy) is 1. The fraction of sp³-hybridized carbons (Fsp3) is 0.500. The zero-order valence-electron chi connectivity index (χ0n) is 9.40. The van der Waals surface area contributed by atoms with Crippen LogP contribution < -0.4 is 4.74 Å². The molecule has 3 heteroatoms. The van der Waals surface area contributed by atoms with Crippen LogP contribution in [0.4, 0.5) is 0 Å². The summed E-state index contributed by atoms with van der Waals surface area (Å²) in [6, 6.07) is 5.42. The summed E-state index contributed by atoms with van der Waals surface area (Å²) in [5, 5.41) is 19.4. The lowest BCUT2D eigenvalue weighted by atomic mass is 9.98. The van der Waals surface area contributed by atoms with Crippen LogP contribution in [0.5, 0.6) is 5.75 Å². The van der Waals surface area contributed by atoms with Crippen molar-refractivity contribution in [1.82, 2.24) is 0 Å². The Morgan fingerprint density at radius 3 is 2.47 bits per heavy atom. The summed E-state index contributed by atoms with van der Waals surface area (Å²) in [5.74, 6) is 0.759. The van der Waals surface area contributed by atoms with E-state index in [1.807, 2.05) is 19.9 Å². The number of aliphatic hydroxyl groups is 2. The summed E-state index contributed by atoms with van der Waals surface area (Å²) in [6.07, 6.45) is -0.995. The fourth-order valence-corrected chi connectivity index (χ4v) is 1.54. The first-order chi connectivity index (χ1) is 7.10. The van der Waals surface area contributed by atoms with Crippen molar-refractivity contribution in [3.8, 4) is 5.75 Å². The Labute approximate surface area is 90.3 Å². The quantitative estimate of drug-likeness (QED) is 0.796. The van der Waals surface area contributed by atoms with Crippen LogP contribution in [0.25, 0.3) is 0 Å². The maximum Gasteiger partial charge on any atom is 0.119 e. The van der Waals surface area contributed by atoms with Crippen LogP contribution in [0, 0.1) is 6.92 Å². The van der Waals surface area contributed by atoms with E-state index in [0.717, 1.165) is 16.9 Å². The van der Waals surface area contributed by atoms with E-state index in [0.29, 0.717) is 6.42 Å². The lowest BCUT2D eigenvalue weighted by molar-refractivity contribution is 0.0161.